The highest BCUT2D eigenvalue weighted by Crippen LogP contribution is 2.32. The molecule has 0 aromatic rings. The summed E-state index contributed by atoms with van der Waals surface area (Å²) in [6.45, 7) is 7.39. The maximum atomic E-state index is 12.2. The maximum absolute atomic E-state index is 12.2. The van der Waals surface area contributed by atoms with Gasteiger partial charge in [0.25, 0.3) is 0 Å². The number of allylic oxidation sites excluding steroid dienone is 2. The number of aliphatic carboxylic acids is 3. The van der Waals surface area contributed by atoms with Gasteiger partial charge in [-0.05, 0) is 19.3 Å². The Kier molecular flexibility index (Phi) is 17.4. The monoisotopic (exact) mass is 483 g/mol. The van der Waals surface area contributed by atoms with Gasteiger partial charge < -0.3 is 20.1 Å². The molecule has 0 rings (SSSR count). The summed E-state index contributed by atoms with van der Waals surface area (Å²) >= 11 is 0. The van der Waals surface area contributed by atoms with E-state index in [0.29, 0.717) is 12.8 Å². The normalized spacial score (nSPS) is 16.1. The number of quaternary nitrogens is 1. The summed E-state index contributed by atoms with van der Waals surface area (Å²) in [6.07, 6.45) is 16.9. The van der Waals surface area contributed by atoms with Crippen LogP contribution in [0.4, 0.5) is 0 Å². The van der Waals surface area contributed by atoms with Crippen molar-refractivity contribution in [2.24, 2.45) is 0 Å². The van der Waals surface area contributed by atoms with Crippen molar-refractivity contribution in [3.05, 3.63) is 12.2 Å². The van der Waals surface area contributed by atoms with Crippen LogP contribution in [0.3, 0.4) is 0 Å². The molecule has 0 amide bonds. The molecule has 7 heteroatoms. The molecule has 0 spiro atoms. The van der Waals surface area contributed by atoms with Crippen LogP contribution in [0, 0.1) is 0 Å². The van der Waals surface area contributed by atoms with Crippen molar-refractivity contribution in [1.82, 2.24) is 0 Å². The highest BCUT2D eigenvalue weighted by Gasteiger charge is 2.53. The number of carbonyl (C=O) groups is 3. The van der Waals surface area contributed by atoms with Gasteiger partial charge in [-0.2, -0.15) is 0 Å². The van der Waals surface area contributed by atoms with Gasteiger partial charge in [-0.15, -0.1) is 0 Å². The number of nitrogens with zero attached hydrogens (tertiary/aromatic N) is 1. The molecule has 0 aliphatic carbocycles. The smallest absolute Gasteiger partial charge is 0.362 e. The van der Waals surface area contributed by atoms with Gasteiger partial charge in [0.1, 0.15) is 6.04 Å². The molecule has 3 atom stereocenters. The van der Waals surface area contributed by atoms with Crippen molar-refractivity contribution in [3.8, 4) is 0 Å². The van der Waals surface area contributed by atoms with Crippen LogP contribution in [0.1, 0.15) is 118 Å². The first-order valence-corrected chi connectivity index (χ1v) is 13.4. The molecule has 0 fully saturated rings. The van der Waals surface area contributed by atoms with Gasteiger partial charge in [-0.1, -0.05) is 84.8 Å². The molecule has 0 aromatic heterocycles. The fourth-order valence-corrected chi connectivity index (χ4v) is 5.38. The highest BCUT2D eigenvalue weighted by atomic mass is 16.4. The molecule has 0 heterocycles. The lowest BCUT2D eigenvalue weighted by molar-refractivity contribution is -0.974. The minimum absolute atomic E-state index is 0.115. The Balaban J connectivity index is 5.18. The Hall–Kier alpha value is -1.89. The number of carboxylic acid groups (broad SMARTS) is 3. The third-order valence-corrected chi connectivity index (χ3v) is 7.05. The molecule has 0 saturated carbocycles. The van der Waals surface area contributed by atoms with Gasteiger partial charge in [-0.3, -0.25) is 4.48 Å². The first-order chi connectivity index (χ1) is 16.2. The largest absolute Gasteiger partial charge is 0.544 e. The topological polar surface area (TPSA) is 115 Å². The van der Waals surface area contributed by atoms with Crippen LogP contribution < -0.4 is 5.11 Å². The van der Waals surface area contributed by atoms with Gasteiger partial charge in [0.2, 0.25) is 0 Å². The van der Waals surface area contributed by atoms with Gasteiger partial charge in [0.05, 0.1) is 12.5 Å². The Labute approximate surface area is 206 Å². The predicted octanol–water partition coefficient (Wildman–Crippen LogP) is 4.93. The Bertz CT molecular complexity index is 563. The van der Waals surface area contributed by atoms with E-state index >= 15 is 0 Å². The van der Waals surface area contributed by atoms with Gasteiger partial charge in [0.15, 0.2) is 12.1 Å². The third kappa shape index (κ3) is 10.2. The van der Waals surface area contributed by atoms with E-state index < -0.39 is 40.5 Å². The van der Waals surface area contributed by atoms with Crippen molar-refractivity contribution >= 4 is 17.9 Å². The average Bonchev–Trinajstić information content (AvgIpc) is 2.77. The third-order valence-electron chi connectivity index (χ3n) is 7.05. The maximum Gasteiger partial charge on any atom is 0.362 e. The molecule has 0 bridgehead atoms. The Morgan fingerprint density at radius 1 is 0.676 bits per heavy atom. The van der Waals surface area contributed by atoms with Gasteiger partial charge in [-0.25, -0.2) is 9.59 Å². The summed E-state index contributed by atoms with van der Waals surface area (Å²) in [6, 6.07) is -3.43. The number of unbranched alkanes of at least 4 members (excludes halogenated alkanes) is 9. The van der Waals surface area contributed by atoms with Crippen molar-refractivity contribution in [2.75, 3.05) is 6.54 Å². The fourth-order valence-electron chi connectivity index (χ4n) is 5.38. The van der Waals surface area contributed by atoms with Crippen molar-refractivity contribution in [2.45, 2.75) is 136 Å². The quantitative estimate of drug-likeness (QED) is 0.128. The predicted molar refractivity (Wildman–Crippen MR) is 133 cm³/mol. The number of rotatable bonds is 22. The molecule has 7 nitrogen and oxygen atoms in total. The first kappa shape index (κ1) is 32.1. The lowest BCUT2D eigenvalue weighted by Crippen LogP contribution is -2.73. The average molecular weight is 484 g/mol. The molecule has 0 aromatic carbocycles. The van der Waals surface area contributed by atoms with E-state index in [2.05, 4.69) is 19.1 Å². The Morgan fingerprint density at radius 2 is 1.09 bits per heavy atom. The molecule has 0 saturated heterocycles. The zero-order chi connectivity index (χ0) is 26.0. The van der Waals surface area contributed by atoms with Crippen LogP contribution in [-0.4, -0.2) is 57.3 Å². The van der Waals surface area contributed by atoms with Crippen LogP contribution in [0.2, 0.25) is 0 Å². The molecule has 198 valence electrons. The zero-order valence-electron chi connectivity index (χ0n) is 22.0. The second-order valence-corrected chi connectivity index (χ2v) is 9.36. The lowest BCUT2D eigenvalue weighted by atomic mass is 9.94. The first-order valence-electron chi connectivity index (χ1n) is 13.4. The van der Waals surface area contributed by atoms with E-state index in [1.807, 2.05) is 0 Å². The van der Waals surface area contributed by atoms with Crippen molar-refractivity contribution in [1.29, 1.82) is 0 Å². The standard InChI is InChI=1S/C27H49NO6/c1-5-9-10-11-12-13-14-15-16-17-18-19-20-21-28(22(6-2)25(29)30,23(7-3)26(31)32)24(8-4)27(33)34/h17-18,22-24H,5-16,19-21H2,1-4H3,(H2-,29,30,31,32,33,34)/b18-17+. The van der Waals surface area contributed by atoms with E-state index in [4.69, 9.17) is 0 Å². The molecule has 0 radical (unpaired) electrons. The number of hydrogen-bond donors (Lipinski definition) is 2. The molecular weight excluding hydrogens is 434 g/mol. The van der Waals surface area contributed by atoms with Crippen LogP contribution in [0.25, 0.3) is 0 Å². The summed E-state index contributed by atoms with van der Waals surface area (Å²) in [5.74, 6) is -3.70. The second kappa shape index (κ2) is 18.4. The summed E-state index contributed by atoms with van der Waals surface area (Å²) in [5.41, 5.74) is 0. The van der Waals surface area contributed by atoms with E-state index in [0.717, 1.165) is 12.8 Å². The van der Waals surface area contributed by atoms with E-state index in [9.17, 15) is 29.7 Å². The minimum atomic E-state index is -1.38. The van der Waals surface area contributed by atoms with Crippen LogP contribution in [0.15, 0.2) is 12.2 Å². The van der Waals surface area contributed by atoms with E-state index in [-0.39, 0.29) is 25.8 Å². The summed E-state index contributed by atoms with van der Waals surface area (Å²) < 4.78 is -0.498. The summed E-state index contributed by atoms with van der Waals surface area (Å²) in [4.78, 5) is 36.4. The summed E-state index contributed by atoms with van der Waals surface area (Å²) in [5, 5.41) is 31.9. The number of carboxylic acids is 3. The van der Waals surface area contributed by atoms with E-state index in [1.165, 1.54) is 44.9 Å². The molecule has 3 unspecified atom stereocenters. The molecule has 34 heavy (non-hydrogen) atoms. The zero-order valence-corrected chi connectivity index (χ0v) is 22.0. The van der Waals surface area contributed by atoms with Crippen molar-refractivity contribution in [3.63, 3.8) is 0 Å². The highest BCUT2D eigenvalue weighted by molar-refractivity contribution is 5.77. The summed E-state index contributed by atoms with van der Waals surface area (Å²) in [7, 11) is 0. The van der Waals surface area contributed by atoms with Crippen LogP contribution in [-0.2, 0) is 14.4 Å². The molecule has 0 aliphatic heterocycles. The number of carbonyl (C=O) groups excluding carboxylic acids is 1. The fraction of sp³-hybridized carbons (Fsp3) is 0.815. The van der Waals surface area contributed by atoms with E-state index in [1.54, 1.807) is 20.8 Å². The second-order valence-electron chi connectivity index (χ2n) is 9.36. The number of hydrogen-bond acceptors (Lipinski definition) is 4. The van der Waals surface area contributed by atoms with Crippen LogP contribution in [0.5, 0.6) is 0 Å². The van der Waals surface area contributed by atoms with Crippen molar-refractivity contribution < 1.29 is 34.2 Å². The van der Waals surface area contributed by atoms with Gasteiger partial charge in [0, 0.05) is 25.7 Å². The SMILES string of the molecule is CCCCCCCCCC/C=C/CCC[N+](C(CC)C(=O)[O-])(C(CC)C(=O)O)C(CC)C(=O)O. The molecular formula is C27H49NO6. The molecule has 2 N–H and O–H groups in total. The Morgan fingerprint density at radius 3 is 1.47 bits per heavy atom. The lowest BCUT2D eigenvalue weighted by Gasteiger charge is -2.51. The van der Waals surface area contributed by atoms with Gasteiger partial charge >= 0.3 is 11.9 Å². The molecule has 0 aliphatic rings. The minimum Gasteiger partial charge on any atom is -0.544 e. The van der Waals surface area contributed by atoms with Crippen LogP contribution >= 0.6 is 0 Å².